The number of aromatic amines is 1. The van der Waals surface area contributed by atoms with Gasteiger partial charge in [-0.25, -0.2) is 4.98 Å². The maximum absolute atomic E-state index is 6.34. The van der Waals surface area contributed by atoms with E-state index in [2.05, 4.69) is 30.6 Å². The normalized spacial score (nSPS) is 16.6. The van der Waals surface area contributed by atoms with Crippen molar-refractivity contribution in [1.29, 1.82) is 0 Å². The summed E-state index contributed by atoms with van der Waals surface area (Å²) in [7, 11) is 0. The lowest BCUT2D eigenvalue weighted by Gasteiger charge is -2.12. The Hall–Kier alpha value is -2.29. The summed E-state index contributed by atoms with van der Waals surface area (Å²) in [4.78, 5) is 16.8. The molecule has 1 aromatic carbocycles. The minimum Gasteiger partial charge on any atom is -0.383 e. The number of thioether (sulfide) groups is 1. The Kier molecular flexibility index (Phi) is 4.84. The van der Waals surface area contributed by atoms with E-state index in [1.54, 1.807) is 29.3 Å². The fourth-order valence-corrected chi connectivity index (χ4v) is 5.31. The smallest absolute Gasteiger partial charge is 0.207 e. The zero-order valence-electron chi connectivity index (χ0n) is 14.8. The van der Waals surface area contributed by atoms with E-state index in [0.29, 0.717) is 10.3 Å². The van der Waals surface area contributed by atoms with Crippen molar-refractivity contribution in [2.45, 2.75) is 11.7 Å². The van der Waals surface area contributed by atoms with Gasteiger partial charge >= 0.3 is 0 Å². The molecule has 3 N–H and O–H groups in total. The van der Waals surface area contributed by atoms with E-state index in [-0.39, 0.29) is 0 Å². The fraction of sp³-hybridized carbons (Fsp3) is 0.211. The predicted octanol–water partition coefficient (Wildman–Crippen LogP) is 5.21. The van der Waals surface area contributed by atoms with Gasteiger partial charge in [0.25, 0.3) is 0 Å². The summed E-state index contributed by atoms with van der Waals surface area (Å²) >= 11 is 9.75. The largest absolute Gasteiger partial charge is 0.383 e. The van der Waals surface area contributed by atoms with Crippen molar-refractivity contribution in [3.8, 4) is 0 Å². The number of imidazole rings is 1. The van der Waals surface area contributed by atoms with Crippen molar-refractivity contribution in [2.24, 2.45) is 4.99 Å². The SMILES string of the molecule is Clc1cnc2ccsc2c1NCCC1CN=C(Nc2nc3ccccc3[nH]2)S1. The molecule has 1 aliphatic heterocycles. The second-order valence-corrected chi connectivity index (χ2v) is 9.06. The summed E-state index contributed by atoms with van der Waals surface area (Å²) < 4.78 is 1.11. The van der Waals surface area contributed by atoms with Gasteiger partial charge in [0.1, 0.15) is 0 Å². The van der Waals surface area contributed by atoms with Gasteiger partial charge in [0.05, 0.1) is 38.5 Å². The number of H-pyrrole nitrogens is 1. The number of amidine groups is 1. The topological polar surface area (TPSA) is 78.0 Å². The Bertz CT molecular complexity index is 1130. The number of hydrogen-bond acceptors (Lipinski definition) is 7. The van der Waals surface area contributed by atoms with E-state index in [4.69, 9.17) is 11.6 Å². The highest BCUT2D eigenvalue weighted by Crippen LogP contribution is 2.33. The van der Waals surface area contributed by atoms with Crippen molar-refractivity contribution < 1.29 is 0 Å². The zero-order valence-corrected chi connectivity index (χ0v) is 17.2. The molecule has 0 saturated carbocycles. The van der Waals surface area contributed by atoms with E-state index in [0.717, 1.165) is 57.6 Å². The van der Waals surface area contributed by atoms with Crippen LogP contribution in [-0.2, 0) is 0 Å². The van der Waals surface area contributed by atoms with Crippen LogP contribution in [0.4, 0.5) is 11.6 Å². The molecule has 0 fully saturated rings. The Morgan fingerprint density at radius 1 is 1.21 bits per heavy atom. The Balaban J connectivity index is 1.16. The number of fused-ring (bicyclic) bond motifs is 2. The number of aromatic nitrogens is 3. The molecule has 0 radical (unpaired) electrons. The summed E-state index contributed by atoms with van der Waals surface area (Å²) in [6.45, 7) is 1.63. The number of thiophene rings is 1. The van der Waals surface area contributed by atoms with E-state index in [9.17, 15) is 0 Å². The number of nitrogens with zero attached hydrogens (tertiary/aromatic N) is 3. The van der Waals surface area contributed by atoms with Crippen LogP contribution in [0.2, 0.25) is 5.02 Å². The molecule has 0 amide bonds. The van der Waals surface area contributed by atoms with Crippen LogP contribution in [0.15, 0.2) is 46.9 Å². The Morgan fingerprint density at radius 3 is 3.07 bits per heavy atom. The molecule has 4 heterocycles. The molecule has 5 rings (SSSR count). The van der Waals surface area contributed by atoms with Crippen molar-refractivity contribution >= 4 is 72.8 Å². The second-order valence-electron chi connectivity index (χ2n) is 6.44. The highest BCUT2D eigenvalue weighted by atomic mass is 35.5. The first-order valence-corrected chi connectivity index (χ1v) is 11.1. The van der Waals surface area contributed by atoms with E-state index in [1.165, 1.54) is 0 Å². The van der Waals surface area contributed by atoms with Crippen LogP contribution in [0.3, 0.4) is 0 Å². The molecular weight excluding hydrogens is 412 g/mol. The highest BCUT2D eigenvalue weighted by molar-refractivity contribution is 8.15. The number of anilines is 2. The van der Waals surface area contributed by atoms with Crippen LogP contribution in [0, 0.1) is 0 Å². The van der Waals surface area contributed by atoms with Crippen LogP contribution in [0.1, 0.15) is 6.42 Å². The minimum absolute atomic E-state index is 0.429. The zero-order chi connectivity index (χ0) is 18.9. The van der Waals surface area contributed by atoms with Crippen LogP contribution >= 0.6 is 34.7 Å². The van der Waals surface area contributed by atoms with Gasteiger partial charge in [-0.3, -0.25) is 9.98 Å². The molecule has 0 aliphatic carbocycles. The number of hydrogen-bond donors (Lipinski definition) is 3. The molecule has 4 aromatic rings. The number of nitrogens with one attached hydrogen (secondary N) is 3. The number of rotatable bonds is 5. The summed E-state index contributed by atoms with van der Waals surface area (Å²) in [5, 5.41) is 10.8. The lowest BCUT2D eigenvalue weighted by Crippen LogP contribution is -2.13. The molecular formula is C19H17ClN6S2. The van der Waals surface area contributed by atoms with Crippen molar-refractivity contribution in [1.82, 2.24) is 15.0 Å². The van der Waals surface area contributed by atoms with Crippen LogP contribution < -0.4 is 10.6 Å². The number of benzene rings is 1. The fourth-order valence-electron chi connectivity index (χ4n) is 3.16. The molecule has 142 valence electrons. The Morgan fingerprint density at radius 2 is 2.14 bits per heavy atom. The minimum atomic E-state index is 0.429. The van der Waals surface area contributed by atoms with E-state index >= 15 is 0 Å². The van der Waals surface area contributed by atoms with Crippen LogP contribution in [0.5, 0.6) is 0 Å². The molecule has 1 atom stereocenters. The van der Waals surface area contributed by atoms with Gasteiger partial charge < -0.3 is 15.6 Å². The van der Waals surface area contributed by atoms with Gasteiger partial charge in [0.2, 0.25) is 5.95 Å². The molecule has 1 unspecified atom stereocenters. The van der Waals surface area contributed by atoms with Crippen molar-refractivity contribution in [3.05, 3.63) is 46.9 Å². The monoisotopic (exact) mass is 428 g/mol. The number of aliphatic imine (C=N–C) groups is 1. The maximum Gasteiger partial charge on any atom is 0.207 e. The lowest BCUT2D eigenvalue weighted by atomic mass is 10.3. The average Bonchev–Trinajstić information content (AvgIpc) is 3.42. The van der Waals surface area contributed by atoms with Gasteiger partial charge in [0.15, 0.2) is 5.17 Å². The molecule has 3 aromatic heterocycles. The quantitative estimate of drug-likeness (QED) is 0.406. The summed E-state index contributed by atoms with van der Waals surface area (Å²) in [6.07, 6.45) is 2.70. The third-order valence-corrected chi connectivity index (χ3v) is 6.91. The maximum atomic E-state index is 6.34. The molecule has 6 nitrogen and oxygen atoms in total. The van der Waals surface area contributed by atoms with Crippen LogP contribution in [-0.4, -0.2) is 38.5 Å². The van der Waals surface area contributed by atoms with Gasteiger partial charge in [-0.1, -0.05) is 35.5 Å². The predicted molar refractivity (Wildman–Crippen MR) is 121 cm³/mol. The second kappa shape index (κ2) is 7.62. The third-order valence-electron chi connectivity index (χ3n) is 4.53. The molecule has 28 heavy (non-hydrogen) atoms. The molecule has 1 aliphatic rings. The van der Waals surface area contributed by atoms with Crippen LogP contribution in [0.25, 0.3) is 21.3 Å². The van der Waals surface area contributed by atoms with Gasteiger partial charge in [-0.15, -0.1) is 11.3 Å². The lowest BCUT2D eigenvalue weighted by molar-refractivity contribution is 0.806. The van der Waals surface area contributed by atoms with Gasteiger partial charge in [-0.2, -0.15) is 0 Å². The molecule has 9 heteroatoms. The molecule has 0 spiro atoms. The molecule has 0 saturated heterocycles. The average molecular weight is 429 g/mol. The first-order valence-electron chi connectivity index (χ1n) is 8.95. The first-order chi connectivity index (χ1) is 13.8. The number of halogens is 1. The summed E-state index contributed by atoms with van der Waals surface area (Å²) in [5.41, 5.74) is 3.92. The highest BCUT2D eigenvalue weighted by Gasteiger charge is 2.20. The van der Waals surface area contributed by atoms with Gasteiger partial charge in [-0.05, 0) is 30.0 Å². The standard InChI is InChI=1S/C19H17ClN6S2/c20-12-10-22-15-6-8-27-17(15)16(12)21-7-5-11-9-23-19(28-11)26-18-24-13-3-1-2-4-14(13)25-18/h1-4,6,8,10-11H,5,7,9H2,(H,21,22)(H2,23,24,25,26). The number of para-hydroxylation sites is 2. The summed E-state index contributed by atoms with van der Waals surface area (Å²) in [5.74, 6) is 0.731. The van der Waals surface area contributed by atoms with Crippen molar-refractivity contribution in [3.63, 3.8) is 0 Å². The van der Waals surface area contributed by atoms with E-state index in [1.807, 2.05) is 35.7 Å². The summed E-state index contributed by atoms with van der Waals surface area (Å²) in [6, 6.07) is 9.99. The first kappa shape index (κ1) is 17.8. The number of pyridine rings is 1. The third kappa shape index (κ3) is 3.55. The van der Waals surface area contributed by atoms with E-state index < -0.39 is 0 Å². The van der Waals surface area contributed by atoms with Crippen molar-refractivity contribution in [2.75, 3.05) is 23.7 Å². The Labute approximate surface area is 174 Å². The van der Waals surface area contributed by atoms with Gasteiger partial charge in [0, 0.05) is 18.0 Å². The molecule has 0 bridgehead atoms.